The topological polar surface area (TPSA) is 47.6 Å². The summed E-state index contributed by atoms with van der Waals surface area (Å²) in [6, 6.07) is 3.41. The lowest BCUT2D eigenvalue weighted by atomic mass is 10.1. The average molecular weight is 218 g/mol. The molecule has 0 unspecified atom stereocenters. The molecule has 0 aliphatic heterocycles. The monoisotopic (exact) mass is 218 g/mol. The number of hydrazone groups is 1. The summed E-state index contributed by atoms with van der Waals surface area (Å²) in [5.41, 5.74) is -0.374. The molecule has 0 radical (unpaired) electrons. The summed E-state index contributed by atoms with van der Waals surface area (Å²) in [6.45, 7) is 0. The van der Waals surface area contributed by atoms with E-state index in [1.54, 1.807) is 0 Å². The van der Waals surface area contributed by atoms with E-state index in [2.05, 4.69) is 9.84 Å². The van der Waals surface area contributed by atoms with Gasteiger partial charge in [0.1, 0.15) is 5.75 Å². The number of hydrogen-bond donors (Lipinski definition) is 1. The summed E-state index contributed by atoms with van der Waals surface area (Å²) in [7, 11) is 1.17. The number of halogens is 3. The molecule has 0 bridgehead atoms. The standard InChI is InChI=1S/C9H9F3N2O/c1-15-8-4-6(5-14-13)2-3-7(8)9(10,11)12/h2-5H,13H2,1H3. The van der Waals surface area contributed by atoms with Crippen LogP contribution >= 0.6 is 0 Å². The van der Waals surface area contributed by atoms with Gasteiger partial charge >= 0.3 is 6.18 Å². The maximum absolute atomic E-state index is 12.4. The van der Waals surface area contributed by atoms with Gasteiger partial charge in [0.2, 0.25) is 0 Å². The number of alkyl halides is 3. The highest BCUT2D eigenvalue weighted by atomic mass is 19.4. The Balaban J connectivity index is 3.21. The van der Waals surface area contributed by atoms with Gasteiger partial charge in [0, 0.05) is 0 Å². The lowest BCUT2D eigenvalue weighted by Crippen LogP contribution is -2.07. The third-order valence-corrected chi connectivity index (χ3v) is 1.75. The second kappa shape index (κ2) is 4.20. The molecule has 0 amide bonds. The third-order valence-electron chi connectivity index (χ3n) is 1.75. The van der Waals surface area contributed by atoms with E-state index in [9.17, 15) is 13.2 Å². The first-order chi connectivity index (χ1) is 6.99. The molecule has 2 N–H and O–H groups in total. The quantitative estimate of drug-likeness (QED) is 0.469. The smallest absolute Gasteiger partial charge is 0.419 e. The summed E-state index contributed by atoms with van der Waals surface area (Å²) in [4.78, 5) is 0. The van der Waals surface area contributed by atoms with Crippen LogP contribution < -0.4 is 10.6 Å². The van der Waals surface area contributed by atoms with Crippen molar-refractivity contribution >= 4 is 6.21 Å². The maximum atomic E-state index is 12.4. The van der Waals surface area contributed by atoms with E-state index >= 15 is 0 Å². The van der Waals surface area contributed by atoms with Crippen molar-refractivity contribution in [2.24, 2.45) is 10.9 Å². The number of hydrogen-bond acceptors (Lipinski definition) is 3. The summed E-state index contributed by atoms with van der Waals surface area (Å²) < 4.78 is 41.9. The molecule has 0 atom stereocenters. The van der Waals surface area contributed by atoms with Crippen LogP contribution in [0.2, 0.25) is 0 Å². The minimum absolute atomic E-state index is 0.250. The number of ether oxygens (including phenoxy) is 1. The Morgan fingerprint density at radius 2 is 2.07 bits per heavy atom. The molecule has 1 aromatic rings. The highest BCUT2D eigenvalue weighted by molar-refractivity contribution is 5.80. The lowest BCUT2D eigenvalue weighted by molar-refractivity contribution is -0.138. The van der Waals surface area contributed by atoms with Crippen molar-refractivity contribution in [1.29, 1.82) is 0 Å². The molecule has 0 spiro atoms. The molecule has 0 aliphatic carbocycles. The van der Waals surface area contributed by atoms with Gasteiger partial charge in [0.05, 0.1) is 18.9 Å². The fourth-order valence-corrected chi connectivity index (χ4v) is 1.11. The molecule has 0 heterocycles. The second-order valence-corrected chi connectivity index (χ2v) is 2.74. The zero-order chi connectivity index (χ0) is 11.5. The number of rotatable bonds is 2. The van der Waals surface area contributed by atoms with Crippen LogP contribution in [0.1, 0.15) is 11.1 Å². The van der Waals surface area contributed by atoms with Crippen LogP contribution in [0.4, 0.5) is 13.2 Å². The van der Waals surface area contributed by atoms with Gasteiger partial charge in [-0.1, -0.05) is 6.07 Å². The molecule has 6 heteroatoms. The number of nitrogens with zero attached hydrogens (tertiary/aromatic N) is 1. The third kappa shape index (κ3) is 2.61. The summed E-state index contributed by atoms with van der Waals surface area (Å²) in [5.74, 6) is 4.63. The summed E-state index contributed by atoms with van der Waals surface area (Å²) in [5, 5.41) is 3.21. The zero-order valence-corrected chi connectivity index (χ0v) is 7.88. The van der Waals surface area contributed by atoms with Gasteiger partial charge in [-0.25, -0.2) is 0 Å². The molecule has 1 rings (SSSR count). The first-order valence-electron chi connectivity index (χ1n) is 3.97. The molecular weight excluding hydrogens is 209 g/mol. The Morgan fingerprint density at radius 3 is 2.53 bits per heavy atom. The predicted molar refractivity (Wildman–Crippen MR) is 49.8 cm³/mol. The summed E-state index contributed by atoms with van der Waals surface area (Å²) in [6.07, 6.45) is -3.19. The first-order valence-corrected chi connectivity index (χ1v) is 3.97. The SMILES string of the molecule is COc1cc(C=NN)ccc1C(F)(F)F. The molecule has 0 aromatic heterocycles. The molecule has 0 aliphatic rings. The fourth-order valence-electron chi connectivity index (χ4n) is 1.11. The Kier molecular flexibility index (Phi) is 3.18. The Bertz CT molecular complexity index is 374. The minimum Gasteiger partial charge on any atom is -0.496 e. The minimum atomic E-state index is -4.43. The zero-order valence-electron chi connectivity index (χ0n) is 7.88. The number of methoxy groups -OCH3 is 1. The maximum Gasteiger partial charge on any atom is 0.419 e. The van der Waals surface area contributed by atoms with E-state index < -0.39 is 11.7 Å². The molecular formula is C9H9F3N2O. The van der Waals surface area contributed by atoms with E-state index in [1.807, 2.05) is 0 Å². The van der Waals surface area contributed by atoms with Gasteiger partial charge in [-0.15, -0.1) is 0 Å². The van der Waals surface area contributed by atoms with Crippen LogP contribution in [-0.4, -0.2) is 13.3 Å². The molecule has 0 fully saturated rings. The van der Waals surface area contributed by atoms with Crippen molar-refractivity contribution < 1.29 is 17.9 Å². The Morgan fingerprint density at radius 1 is 1.40 bits per heavy atom. The van der Waals surface area contributed by atoms with Crippen LogP contribution in [0.15, 0.2) is 23.3 Å². The van der Waals surface area contributed by atoms with Gasteiger partial charge in [-0.3, -0.25) is 0 Å². The van der Waals surface area contributed by atoms with Crippen LogP contribution in [0, 0.1) is 0 Å². The highest BCUT2D eigenvalue weighted by Gasteiger charge is 2.34. The van der Waals surface area contributed by atoms with Crippen molar-refractivity contribution in [2.75, 3.05) is 7.11 Å². The highest BCUT2D eigenvalue weighted by Crippen LogP contribution is 2.36. The number of nitrogens with two attached hydrogens (primary N) is 1. The van der Waals surface area contributed by atoms with Crippen molar-refractivity contribution in [1.82, 2.24) is 0 Å². The van der Waals surface area contributed by atoms with E-state index in [0.717, 1.165) is 6.07 Å². The van der Waals surface area contributed by atoms with E-state index in [0.29, 0.717) is 5.56 Å². The fraction of sp³-hybridized carbons (Fsp3) is 0.222. The normalized spacial score (nSPS) is 12.0. The second-order valence-electron chi connectivity index (χ2n) is 2.74. The van der Waals surface area contributed by atoms with Crippen LogP contribution in [0.5, 0.6) is 5.75 Å². The van der Waals surface area contributed by atoms with E-state index in [4.69, 9.17) is 5.84 Å². The largest absolute Gasteiger partial charge is 0.496 e. The molecule has 82 valence electrons. The molecule has 1 aromatic carbocycles. The van der Waals surface area contributed by atoms with Crippen LogP contribution in [0.25, 0.3) is 0 Å². The van der Waals surface area contributed by atoms with Gasteiger partial charge < -0.3 is 10.6 Å². The average Bonchev–Trinajstić information content (AvgIpc) is 2.16. The van der Waals surface area contributed by atoms with Crippen LogP contribution in [-0.2, 0) is 6.18 Å². The van der Waals surface area contributed by atoms with E-state index in [1.165, 1.54) is 25.5 Å². The van der Waals surface area contributed by atoms with Gasteiger partial charge in [0.25, 0.3) is 0 Å². The first kappa shape index (κ1) is 11.4. The lowest BCUT2D eigenvalue weighted by Gasteiger charge is -2.11. The van der Waals surface area contributed by atoms with Crippen molar-refractivity contribution in [3.63, 3.8) is 0 Å². The molecule has 0 saturated heterocycles. The molecule has 15 heavy (non-hydrogen) atoms. The summed E-state index contributed by atoms with van der Waals surface area (Å²) >= 11 is 0. The number of benzene rings is 1. The van der Waals surface area contributed by atoms with Crippen molar-refractivity contribution in [2.45, 2.75) is 6.18 Å². The van der Waals surface area contributed by atoms with Gasteiger partial charge in [-0.2, -0.15) is 18.3 Å². The van der Waals surface area contributed by atoms with Crippen molar-refractivity contribution in [3.8, 4) is 5.75 Å². The van der Waals surface area contributed by atoms with E-state index in [-0.39, 0.29) is 5.75 Å². The Labute approximate surface area is 84.3 Å². The van der Waals surface area contributed by atoms with Gasteiger partial charge in [-0.05, 0) is 17.7 Å². The predicted octanol–water partition coefficient (Wildman–Crippen LogP) is 2.01. The van der Waals surface area contributed by atoms with Gasteiger partial charge in [0.15, 0.2) is 0 Å². The van der Waals surface area contributed by atoms with Crippen molar-refractivity contribution in [3.05, 3.63) is 29.3 Å². The van der Waals surface area contributed by atoms with Crippen LogP contribution in [0.3, 0.4) is 0 Å². The molecule has 0 saturated carbocycles. The molecule has 3 nitrogen and oxygen atoms in total. The Hall–Kier alpha value is -1.72.